The lowest BCUT2D eigenvalue weighted by Crippen LogP contribution is -2.54. The van der Waals surface area contributed by atoms with E-state index in [4.69, 9.17) is 4.74 Å². The molecule has 0 bridgehead atoms. The van der Waals surface area contributed by atoms with Gasteiger partial charge in [0.2, 0.25) is 5.91 Å². The number of carbonyl (C=O) groups excluding carboxylic acids is 1. The number of nitrogens with one attached hydrogen (secondary N) is 2. The van der Waals surface area contributed by atoms with Gasteiger partial charge in [-0.2, -0.15) is 18.3 Å². The topological polar surface area (TPSA) is 87.0 Å². The van der Waals surface area contributed by atoms with Crippen molar-refractivity contribution >= 4 is 35.8 Å². The Hall–Kier alpha value is -1.61. The molecular weight excluding hydrogens is 530 g/mol. The fraction of sp³-hybridized carbons (Fsp3) is 0.722. The Kier molecular flexibility index (Phi) is 11.5. The SMILES string of the molecule is CCNC(=NCc1cn(C)nc1C(F)(F)F)N1CCN(CC(=O)NCCOC)CC1.I. The van der Waals surface area contributed by atoms with Crippen LogP contribution in [0.25, 0.3) is 0 Å². The highest BCUT2D eigenvalue weighted by molar-refractivity contribution is 14.0. The molecule has 2 N–H and O–H groups in total. The van der Waals surface area contributed by atoms with Crippen LogP contribution in [0.2, 0.25) is 0 Å². The molecule has 0 radical (unpaired) electrons. The summed E-state index contributed by atoms with van der Waals surface area (Å²) in [6.45, 7) is 6.18. The Labute approximate surface area is 197 Å². The molecule has 31 heavy (non-hydrogen) atoms. The molecule has 0 saturated carbocycles. The van der Waals surface area contributed by atoms with Crippen molar-refractivity contribution in [3.8, 4) is 0 Å². The molecule has 178 valence electrons. The summed E-state index contributed by atoms with van der Waals surface area (Å²) < 4.78 is 45.5. The summed E-state index contributed by atoms with van der Waals surface area (Å²) in [6, 6.07) is 0. The number of aromatic nitrogens is 2. The highest BCUT2D eigenvalue weighted by Gasteiger charge is 2.36. The third-order valence-electron chi connectivity index (χ3n) is 4.57. The van der Waals surface area contributed by atoms with E-state index in [-0.39, 0.29) is 42.0 Å². The molecule has 0 aromatic carbocycles. The first-order valence-corrected chi connectivity index (χ1v) is 9.85. The summed E-state index contributed by atoms with van der Waals surface area (Å²) in [5.41, 5.74) is -0.874. The molecule has 0 atom stereocenters. The van der Waals surface area contributed by atoms with Crippen molar-refractivity contribution in [2.75, 3.05) is 59.5 Å². The Morgan fingerprint density at radius 1 is 1.26 bits per heavy atom. The van der Waals surface area contributed by atoms with Gasteiger partial charge in [-0.3, -0.25) is 14.4 Å². The number of halogens is 4. The van der Waals surface area contributed by atoms with Crippen molar-refractivity contribution in [3.63, 3.8) is 0 Å². The number of aliphatic imine (C=N–C) groups is 1. The fourth-order valence-corrected chi connectivity index (χ4v) is 3.15. The van der Waals surface area contributed by atoms with E-state index in [1.54, 1.807) is 7.11 Å². The number of methoxy groups -OCH3 is 1. The standard InChI is InChI=1S/C18H30F3N7O2.HI/c1-4-22-17(24-11-14-12-26(2)25-16(14)18(19,20)21)28-8-6-27(7-9-28)13-15(29)23-5-10-30-3;/h12H,4-11,13H2,1-3H3,(H,22,24)(H,23,29);1H. The number of guanidine groups is 1. The lowest BCUT2D eigenvalue weighted by molar-refractivity contribution is -0.142. The molecule has 0 aliphatic carbocycles. The zero-order valence-corrected chi connectivity index (χ0v) is 20.4. The van der Waals surface area contributed by atoms with Crippen LogP contribution in [0.5, 0.6) is 0 Å². The predicted molar refractivity (Wildman–Crippen MR) is 121 cm³/mol. The number of piperazine rings is 1. The third kappa shape index (κ3) is 8.80. The van der Waals surface area contributed by atoms with Gasteiger partial charge in [-0.05, 0) is 6.92 Å². The summed E-state index contributed by atoms with van der Waals surface area (Å²) >= 11 is 0. The lowest BCUT2D eigenvalue weighted by Gasteiger charge is -2.36. The highest BCUT2D eigenvalue weighted by Crippen LogP contribution is 2.30. The molecule has 1 aromatic heterocycles. The second-order valence-corrected chi connectivity index (χ2v) is 6.95. The van der Waals surface area contributed by atoms with Gasteiger partial charge in [-0.15, -0.1) is 24.0 Å². The van der Waals surface area contributed by atoms with Crippen LogP contribution in [0, 0.1) is 0 Å². The smallest absolute Gasteiger partial charge is 0.383 e. The Bertz CT molecular complexity index is 719. The van der Waals surface area contributed by atoms with Gasteiger partial charge >= 0.3 is 6.18 Å². The highest BCUT2D eigenvalue weighted by atomic mass is 127. The summed E-state index contributed by atoms with van der Waals surface area (Å²) in [6.07, 6.45) is -3.17. The average molecular weight is 561 g/mol. The molecule has 2 heterocycles. The molecule has 0 spiro atoms. The van der Waals surface area contributed by atoms with Crippen molar-refractivity contribution in [2.24, 2.45) is 12.0 Å². The molecule has 0 unspecified atom stereocenters. The van der Waals surface area contributed by atoms with Gasteiger partial charge in [-0.25, -0.2) is 4.99 Å². The van der Waals surface area contributed by atoms with Crippen molar-refractivity contribution in [1.82, 2.24) is 30.2 Å². The normalized spacial score (nSPS) is 15.5. The van der Waals surface area contributed by atoms with Crippen molar-refractivity contribution in [3.05, 3.63) is 17.5 Å². The third-order valence-corrected chi connectivity index (χ3v) is 4.57. The molecule has 1 saturated heterocycles. The van der Waals surface area contributed by atoms with Gasteiger partial charge in [0.05, 0.1) is 19.7 Å². The van der Waals surface area contributed by atoms with Crippen LogP contribution in [0.1, 0.15) is 18.2 Å². The molecule has 1 aromatic rings. The summed E-state index contributed by atoms with van der Waals surface area (Å²) in [5.74, 6) is 0.496. The van der Waals surface area contributed by atoms with E-state index in [0.717, 1.165) is 4.68 Å². The summed E-state index contributed by atoms with van der Waals surface area (Å²) in [4.78, 5) is 20.3. The minimum Gasteiger partial charge on any atom is -0.383 e. The number of nitrogens with zero attached hydrogens (tertiary/aromatic N) is 5. The fourth-order valence-electron chi connectivity index (χ4n) is 3.15. The zero-order chi connectivity index (χ0) is 22.1. The van der Waals surface area contributed by atoms with Gasteiger partial charge in [0.15, 0.2) is 11.7 Å². The van der Waals surface area contributed by atoms with Crippen molar-refractivity contribution in [2.45, 2.75) is 19.6 Å². The first kappa shape index (κ1) is 27.4. The molecule has 9 nitrogen and oxygen atoms in total. The first-order valence-electron chi connectivity index (χ1n) is 9.85. The van der Waals surface area contributed by atoms with E-state index in [1.807, 2.05) is 16.7 Å². The maximum atomic E-state index is 13.1. The Morgan fingerprint density at radius 3 is 2.52 bits per heavy atom. The minimum absolute atomic E-state index is 0. The van der Waals surface area contributed by atoms with Crippen LogP contribution >= 0.6 is 24.0 Å². The molecule has 1 aliphatic heterocycles. The average Bonchev–Trinajstić information content (AvgIpc) is 3.07. The van der Waals surface area contributed by atoms with Crippen molar-refractivity contribution in [1.29, 1.82) is 0 Å². The van der Waals surface area contributed by atoms with Crippen LogP contribution in [0.3, 0.4) is 0 Å². The van der Waals surface area contributed by atoms with Gasteiger partial charge < -0.3 is 20.3 Å². The van der Waals surface area contributed by atoms with Crippen LogP contribution in [0.15, 0.2) is 11.2 Å². The number of ether oxygens (including phenoxy) is 1. The number of amides is 1. The maximum Gasteiger partial charge on any atom is 0.435 e. The van der Waals surface area contributed by atoms with Crippen LogP contribution < -0.4 is 10.6 Å². The second kappa shape index (κ2) is 13.1. The number of hydrogen-bond donors (Lipinski definition) is 2. The van der Waals surface area contributed by atoms with E-state index in [0.29, 0.717) is 58.4 Å². The van der Waals surface area contributed by atoms with Crippen LogP contribution in [0.4, 0.5) is 13.2 Å². The van der Waals surface area contributed by atoms with Gasteiger partial charge in [-0.1, -0.05) is 0 Å². The van der Waals surface area contributed by atoms with Gasteiger partial charge in [0, 0.05) is 65.2 Å². The first-order chi connectivity index (χ1) is 14.2. The lowest BCUT2D eigenvalue weighted by atomic mass is 10.2. The largest absolute Gasteiger partial charge is 0.435 e. The minimum atomic E-state index is -4.51. The van der Waals surface area contributed by atoms with Crippen LogP contribution in [-0.2, 0) is 29.3 Å². The van der Waals surface area contributed by atoms with Crippen molar-refractivity contribution < 1.29 is 22.7 Å². The van der Waals surface area contributed by atoms with Gasteiger partial charge in [0.1, 0.15) is 0 Å². The van der Waals surface area contributed by atoms with E-state index < -0.39 is 11.9 Å². The van der Waals surface area contributed by atoms with Gasteiger partial charge in [0.25, 0.3) is 0 Å². The molecule has 1 aliphatic rings. The molecular formula is C18H31F3IN7O2. The summed E-state index contributed by atoms with van der Waals surface area (Å²) in [5, 5.41) is 9.44. The number of alkyl halides is 3. The molecule has 13 heteroatoms. The maximum absolute atomic E-state index is 13.1. The van der Waals surface area contributed by atoms with E-state index in [1.165, 1.54) is 13.2 Å². The Morgan fingerprint density at radius 2 is 1.94 bits per heavy atom. The number of hydrogen-bond acceptors (Lipinski definition) is 5. The van der Waals surface area contributed by atoms with E-state index in [9.17, 15) is 18.0 Å². The quantitative estimate of drug-likeness (QED) is 0.213. The number of rotatable bonds is 8. The second-order valence-electron chi connectivity index (χ2n) is 6.95. The van der Waals surface area contributed by atoms with Crippen LogP contribution in [-0.4, -0.2) is 91.0 Å². The molecule has 2 rings (SSSR count). The number of carbonyl (C=O) groups is 1. The van der Waals surface area contributed by atoms with E-state index >= 15 is 0 Å². The summed E-state index contributed by atoms with van der Waals surface area (Å²) in [7, 11) is 3.03. The number of aryl methyl sites for hydroxylation is 1. The predicted octanol–water partition coefficient (Wildman–Crippen LogP) is 0.903. The monoisotopic (exact) mass is 561 g/mol. The van der Waals surface area contributed by atoms with E-state index in [2.05, 4.69) is 20.7 Å². The molecule has 1 fully saturated rings. The molecule has 1 amide bonds. The zero-order valence-electron chi connectivity index (χ0n) is 18.0. The Balaban J connectivity index is 0.00000480.